The zero-order chi connectivity index (χ0) is 12.0. The van der Waals surface area contributed by atoms with Crippen molar-refractivity contribution in [3.63, 3.8) is 0 Å². The summed E-state index contributed by atoms with van der Waals surface area (Å²) in [7, 11) is 0. The van der Waals surface area contributed by atoms with Gasteiger partial charge in [-0.25, -0.2) is 0 Å². The number of nitrogens with two attached hydrogens (primary N) is 1. The summed E-state index contributed by atoms with van der Waals surface area (Å²) in [5.74, 6) is 0. The second kappa shape index (κ2) is 5.75. The highest BCUT2D eigenvalue weighted by Crippen LogP contribution is 2.24. The highest BCUT2D eigenvalue weighted by Gasteiger charge is 2.10. The fraction of sp³-hybridized carbons (Fsp3) is 0.273. The number of anilines is 2. The molecule has 86 valence electrons. The number of rotatable bonds is 5. The van der Waals surface area contributed by atoms with E-state index in [1.165, 1.54) is 6.07 Å². The Morgan fingerprint density at radius 2 is 2.31 bits per heavy atom. The van der Waals surface area contributed by atoms with Crippen molar-refractivity contribution in [1.82, 2.24) is 0 Å². The van der Waals surface area contributed by atoms with Crippen molar-refractivity contribution in [2.75, 3.05) is 17.6 Å². The molecule has 16 heavy (non-hydrogen) atoms. The van der Waals surface area contributed by atoms with Gasteiger partial charge in [0.1, 0.15) is 5.69 Å². The maximum Gasteiger partial charge on any atom is 0.292 e. The van der Waals surface area contributed by atoms with Crippen molar-refractivity contribution >= 4 is 17.1 Å². The van der Waals surface area contributed by atoms with E-state index in [1.54, 1.807) is 12.1 Å². The summed E-state index contributed by atoms with van der Waals surface area (Å²) in [5, 5.41) is 13.7. The van der Waals surface area contributed by atoms with Crippen molar-refractivity contribution in [2.24, 2.45) is 0 Å². The number of nitro groups is 1. The molecule has 0 bridgehead atoms. The molecule has 1 aromatic rings. The average Bonchev–Trinajstić information content (AvgIpc) is 2.24. The number of nitro benzene ring substituents is 1. The van der Waals surface area contributed by atoms with Crippen molar-refractivity contribution < 1.29 is 4.92 Å². The van der Waals surface area contributed by atoms with Crippen LogP contribution in [0.3, 0.4) is 0 Å². The van der Waals surface area contributed by atoms with E-state index in [0.717, 1.165) is 18.7 Å². The number of nitrogens with one attached hydrogen (secondary N) is 1. The van der Waals surface area contributed by atoms with E-state index >= 15 is 0 Å². The molecule has 0 saturated heterocycles. The molecule has 5 heteroatoms. The molecule has 0 saturated carbocycles. The van der Waals surface area contributed by atoms with Gasteiger partial charge in [0.25, 0.3) is 5.69 Å². The first-order chi connectivity index (χ1) is 7.65. The van der Waals surface area contributed by atoms with E-state index in [0.29, 0.717) is 0 Å². The van der Waals surface area contributed by atoms with E-state index in [2.05, 4.69) is 5.32 Å². The van der Waals surface area contributed by atoms with E-state index in [4.69, 9.17) is 5.73 Å². The first-order valence-corrected chi connectivity index (χ1v) is 5.04. The summed E-state index contributed by atoms with van der Waals surface area (Å²) in [6, 6.07) is 4.64. The molecule has 0 aliphatic heterocycles. The predicted molar refractivity (Wildman–Crippen MR) is 65.4 cm³/mol. The lowest BCUT2D eigenvalue weighted by atomic mass is 10.2. The van der Waals surface area contributed by atoms with Crippen LogP contribution in [0.25, 0.3) is 0 Å². The van der Waals surface area contributed by atoms with Crippen molar-refractivity contribution in [3.8, 4) is 0 Å². The molecule has 1 rings (SSSR count). The van der Waals surface area contributed by atoms with Crippen LogP contribution in [0.15, 0.2) is 30.4 Å². The number of allylic oxidation sites excluding steroid dienone is 1. The minimum atomic E-state index is -0.487. The molecule has 0 amide bonds. The van der Waals surface area contributed by atoms with Gasteiger partial charge in [0.05, 0.1) is 4.92 Å². The first-order valence-electron chi connectivity index (χ1n) is 5.04. The Morgan fingerprint density at radius 1 is 1.56 bits per heavy atom. The molecule has 0 unspecified atom stereocenters. The van der Waals surface area contributed by atoms with Crippen LogP contribution >= 0.6 is 0 Å². The maximum absolute atomic E-state index is 10.5. The Morgan fingerprint density at radius 3 is 2.88 bits per heavy atom. The minimum absolute atomic E-state index is 0.0565. The molecule has 0 aromatic heterocycles. The Kier molecular flexibility index (Phi) is 4.32. The van der Waals surface area contributed by atoms with Gasteiger partial charge in [0.2, 0.25) is 0 Å². The van der Waals surface area contributed by atoms with Crippen LogP contribution in [0.1, 0.15) is 13.3 Å². The van der Waals surface area contributed by atoms with Crippen LogP contribution in [0.4, 0.5) is 17.1 Å². The van der Waals surface area contributed by atoms with Crippen molar-refractivity contribution in [2.45, 2.75) is 13.3 Å². The number of hydrogen-bond acceptors (Lipinski definition) is 4. The van der Waals surface area contributed by atoms with Gasteiger partial charge in [-0.3, -0.25) is 10.1 Å². The van der Waals surface area contributed by atoms with Crippen LogP contribution in [0, 0.1) is 10.1 Å². The molecular formula is C11H15N3O2. The van der Waals surface area contributed by atoms with Crippen LogP contribution < -0.4 is 11.1 Å². The Hall–Kier alpha value is -2.04. The van der Waals surface area contributed by atoms with Crippen LogP contribution in [0.5, 0.6) is 0 Å². The molecule has 0 radical (unpaired) electrons. The highest BCUT2D eigenvalue weighted by molar-refractivity contribution is 5.65. The minimum Gasteiger partial charge on any atom is -0.393 e. The SMILES string of the molecule is C/C=C/CCNc1ccc([N+](=O)[O-])c(N)c1. The summed E-state index contributed by atoms with van der Waals surface area (Å²) in [4.78, 5) is 10.0. The van der Waals surface area contributed by atoms with Crippen molar-refractivity contribution in [1.29, 1.82) is 0 Å². The molecule has 0 spiro atoms. The normalized spacial score (nSPS) is 10.6. The van der Waals surface area contributed by atoms with Gasteiger partial charge >= 0.3 is 0 Å². The predicted octanol–water partition coefficient (Wildman–Crippen LogP) is 2.56. The second-order valence-corrected chi connectivity index (χ2v) is 3.32. The smallest absolute Gasteiger partial charge is 0.292 e. The molecule has 0 aliphatic rings. The maximum atomic E-state index is 10.5. The van der Waals surface area contributed by atoms with Gasteiger partial charge in [-0.05, 0) is 25.5 Å². The molecule has 0 aliphatic carbocycles. The Balaban J connectivity index is 2.63. The summed E-state index contributed by atoms with van der Waals surface area (Å²) < 4.78 is 0. The third-order valence-corrected chi connectivity index (χ3v) is 2.10. The number of hydrogen-bond donors (Lipinski definition) is 2. The standard InChI is InChI=1S/C11H15N3O2/c1-2-3-4-7-13-9-5-6-11(14(15)16)10(12)8-9/h2-3,5-6,8,13H,4,7,12H2,1H3/b3-2+. The third-order valence-electron chi connectivity index (χ3n) is 2.10. The zero-order valence-corrected chi connectivity index (χ0v) is 9.14. The van der Waals surface area contributed by atoms with E-state index in [-0.39, 0.29) is 11.4 Å². The molecule has 0 fully saturated rings. The van der Waals surface area contributed by atoms with Gasteiger partial charge in [-0.2, -0.15) is 0 Å². The fourth-order valence-electron chi connectivity index (χ4n) is 1.30. The quantitative estimate of drug-likeness (QED) is 0.263. The number of nitrogens with zero attached hydrogens (tertiary/aromatic N) is 1. The number of benzene rings is 1. The van der Waals surface area contributed by atoms with E-state index < -0.39 is 4.92 Å². The molecule has 0 atom stereocenters. The summed E-state index contributed by atoms with van der Waals surface area (Å²) in [5.41, 5.74) is 6.48. The van der Waals surface area contributed by atoms with Crippen LogP contribution in [-0.4, -0.2) is 11.5 Å². The van der Waals surface area contributed by atoms with Gasteiger partial charge in [0, 0.05) is 18.3 Å². The van der Waals surface area contributed by atoms with E-state index in [9.17, 15) is 10.1 Å². The topological polar surface area (TPSA) is 81.2 Å². The monoisotopic (exact) mass is 221 g/mol. The lowest BCUT2D eigenvalue weighted by molar-refractivity contribution is -0.383. The lowest BCUT2D eigenvalue weighted by Gasteiger charge is -2.05. The van der Waals surface area contributed by atoms with Gasteiger partial charge < -0.3 is 11.1 Å². The van der Waals surface area contributed by atoms with Gasteiger partial charge in [-0.1, -0.05) is 12.2 Å². The lowest BCUT2D eigenvalue weighted by Crippen LogP contribution is -2.02. The fourth-order valence-corrected chi connectivity index (χ4v) is 1.30. The Bertz CT molecular complexity index is 402. The van der Waals surface area contributed by atoms with Gasteiger partial charge in [0.15, 0.2) is 0 Å². The average molecular weight is 221 g/mol. The molecular weight excluding hydrogens is 206 g/mol. The van der Waals surface area contributed by atoms with Crippen molar-refractivity contribution in [3.05, 3.63) is 40.5 Å². The van der Waals surface area contributed by atoms with Crippen LogP contribution in [0.2, 0.25) is 0 Å². The van der Waals surface area contributed by atoms with E-state index in [1.807, 2.05) is 19.1 Å². The molecule has 5 nitrogen and oxygen atoms in total. The zero-order valence-electron chi connectivity index (χ0n) is 9.14. The molecule has 3 N–H and O–H groups in total. The third kappa shape index (κ3) is 3.27. The van der Waals surface area contributed by atoms with Gasteiger partial charge in [-0.15, -0.1) is 0 Å². The number of nitrogen functional groups attached to an aromatic ring is 1. The van der Waals surface area contributed by atoms with Crippen LogP contribution in [-0.2, 0) is 0 Å². The summed E-state index contributed by atoms with van der Waals surface area (Å²) in [6.45, 7) is 2.74. The Labute approximate surface area is 94.1 Å². The summed E-state index contributed by atoms with van der Waals surface area (Å²) >= 11 is 0. The first kappa shape index (κ1) is 12.0. The second-order valence-electron chi connectivity index (χ2n) is 3.32. The molecule has 0 heterocycles. The molecule has 1 aromatic carbocycles. The highest BCUT2D eigenvalue weighted by atomic mass is 16.6. The summed E-state index contributed by atoms with van der Waals surface area (Å²) in [6.07, 6.45) is 4.93. The largest absolute Gasteiger partial charge is 0.393 e.